The fraction of sp³-hybridized carbons (Fsp3) is 0.415. The monoisotopic (exact) mass is 759 g/mol. The Bertz CT molecular complexity index is 1710. The Kier molecular flexibility index (Phi) is 17.3. The molecule has 0 aromatic heterocycles. The van der Waals surface area contributed by atoms with Crippen molar-refractivity contribution in [2.75, 3.05) is 20.2 Å². The number of aliphatic hydroxyl groups is 1. The second-order valence-corrected chi connectivity index (χ2v) is 13.9. The molecule has 5 amide bonds. The molecule has 0 aliphatic carbocycles. The molecule has 296 valence electrons. The van der Waals surface area contributed by atoms with E-state index in [2.05, 4.69) is 26.6 Å². The minimum absolute atomic E-state index is 0.0887. The van der Waals surface area contributed by atoms with Gasteiger partial charge in [0.15, 0.2) is 12.1 Å². The van der Waals surface area contributed by atoms with Gasteiger partial charge >= 0.3 is 5.97 Å². The maximum Gasteiger partial charge on any atom is 0.333 e. The lowest BCUT2D eigenvalue weighted by atomic mass is 10.0. The molecule has 3 rings (SSSR count). The molecule has 0 heterocycles. The third kappa shape index (κ3) is 15.6. The highest BCUT2D eigenvalue weighted by atomic mass is 16.6. The number of carbonyl (C=O) groups is 6. The zero-order valence-corrected chi connectivity index (χ0v) is 32.1. The van der Waals surface area contributed by atoms with Crippen molar-refractivity contribution < 1.29 is 43.3 Å². The number of aliphatic hydroxyl groups excluding tert-OH is 1. The summed E-state index contributed by atoms with van der Waals surface area (Å²) < 4.78 is 10.6. The second kappa shape index (κ2) is 21.8. The van der Waals surface area contributed by atoms with Crippen molar-refractivity contribution in [1.82, 2.24) is 26.6 Å². The largest absolute Gasteiger partial charge is 0.497 e. The molecule has 6 N–H and O–H groups in total. The Labute approximate surface area is 322 Å². The molecular formula is C41H53N5O9. The summed E-state index contributed by atoms with van der Waals surface area (Å²) in [5.74, 6) is -3.24. The highest BCUT2D eigenvalue weighted by Gasteiger charge is 2.32. The van der Waals surface area contributed by atoms with Gasteiger partial charge in [-0.3, -0.25) is 24.0 Å². The third-order valence-electron chi connectivity index (χ3n) is 8.26. The van der Waals surface area contributed by atoms with Crippen LogP contribution in [0.15, 0.2) is 84.9 Å². The summed E-state index contributed by atoms with van der Waals surface area (Å²) in [5, 5.41) is 23.9. The van der Waals surface area contributed by atoms with Gasteiger partial charge in [0.2, 0.25) is 23.6 Å². The number of amides is 5. The van der Waals surface area contributed by atoms with Gasteiger partial charge in [-0.05, 0) is 62.4 Å². The zero-order chi connectivity index (χ0) is 40.4. The summed E-state index contributed by atoms with van der Waals surface area (Å²) in [4.78, 5) is 78.1. The van der Waals surface area contributed by atoms with E-state index in [0.717, 1.165) is 11.1 Å². The lowest BCUT2D eigenvalue weighted by molar-refractivity contribution is -0.158. The van der Waals surface area contributed by atoms with Gasteiger partial charge in [0, 0.05) is 12.8 Å². The maximum absolute atomic E-state index is 13.7. The van der Waals surface area contributed by atoms with Crippen LogP contribution in [0.25, 0.3) is 0 Å². The molecule has 0 aliphatic heterocycles. The number of carbonyl (C=O) groups excluding carboxylic acids is 6. The molecule has 55 heavy (non-hydrogen) atoms. The van der Waals surface area contributed by atoms with Crippen molar-refractivity contribution in [2.45, 2.75) is 89.6 Å². The summed E-state index contributed by atoms with van der Waals surface area (Å²) in [6, 6.07) is 21.4. The van der Waals surface area contributed by atoms with Gasteiger partial charge in [0.1, 0.15) is 17.4 Å². The van der Waals surface area contributed by atoms with Crippen molar-refractivity contribution >= 4 is 35.5 Å². The molecule has 3 aromatic carbocycles. The average molecular weight is 760 g/mol. The molecule has 0 aliphatic rings. The Balaban J connectivity index is 1.60. The van der Waals surface area contributed by atoms with Crippen molar-refractivity contribution in [3.8, 4) is 5.75 Å². The van der Waals surface area contributed by atoms with E-state index in [1.807, 2.05) is 18.2 Å². The molecule has 0 radical (unpaired) electrons. The lowest BCUT2D eigenvalue weighted by Crippen LogP contribution is -2.57. The summed E-state index contributed by atoms with van der Waals surface area (Å²) in [6.45, 7) is 5.96. The molecule has 0 saturated heterocycles. The van der Waals surface area contributed by atoms with E-state index < -0.39 is 66.0 Å². The molecule has 3 aromatic rings. The number of esters is 1. The number of benzene rings is 3. The second-order valence-electron chi connectivity index (χ2n) is 13.9. The van der Waals surface area contributed by atoms with Crippen LogP contribution in [0.4, 0.5) is 0 Å². The highest BCUT2D eigenvalue weighted by Crippen LogP contribution is 2.19. The van der Waals surface area contributed by atoms with Crippen molar-refractivity contribution in [3.05, 3.63) is 102 Å². The first-order valence-electron chi connectivity index (χ1n) is 18.2. The minimum Gasteiger partial charge on any atom is -0.497 e. The topological polar surface area (TPSA) is 201 Å². The molecule has 14 heteroatoms. The van der Waals surface area contributed by atoms with Gasteiger partial charge < -0.3 is 41.2 Å². The molecule has 4 atom stereocenters. The Morgan fingerprint density at radius 2 is 1.31 bits per heavy atom. The molecule has 0 fully saturated rings. The smallest absolute Gasteiger partial charge is 0.333 e. The number of methoxy groups -OCH3 is 1. The normalized spacial score (nSPS) is 13.2. The van der Waals surface area contributed by atoms with Crippen LogP contribution in [0.1, 0.15) is 69.7 Å². The van der Waals surface area contributed by atoms with E-state index >= 15 is 0 Å². The number of hydrogen-bond acceptors (Lipinski definition) is 9. The van der Waals surface area contributed by atoms with Gasteiger partial charge in [-0.15, -0.1) is 0 Å². The number of aryl methyl sites for hydroxylation is 1. The van der Waals surface area contributed by atoms with E-state index in [4.69, 9.17) is 9.47 Å². The number of rotatable bonds is 20. The van der Waals surface area contributed by atoms with Crippen LogP contribution in [0.3, 0.4) is 0 Å². The number of nitrogens with one attached hydrogen (secondary N) is 5. The van der Waals surface area contributed by atoms with Crippen molar-refractivity contribution in [1.29, 1.82) is 0 Å². The predicted octanol–water partition coefficient (Wildman–Crippen LogP) is 2.43. The SMILES string of the molecule is CCCC(NC(=O)C(Cc1ccccc1)NC(=O)CNC(=O)CCc1ccc(OC)cc1)C(O)C(=O)NCC(=O)NC(C(=O)OC(C)(C)C)c1ccccc1. The highest BCUT2D eigenvalue weighted by molar-refractivity contribution is 5.92. The van der Waals surface area contributed by atoms with Crippen LogP contribution in [0.5, 0.6) is 5.75 Å². The van der Waals surface area contributed by atoms with E-state index in [1.165, 1.54) is 0 Å². The van der Waals surface area contributed by atoms with Gasteiger partial charge in [0.25, 0.3) is 5.91 Å². The summed E-state index contributed by atoms with van der Waals surface area (Å²) in [6.07, 6.45) is -0.405. The fourth-order valence-electron chi connectivity index (χ4n) is 5.48. The summed E-state index contributed by atoms with van der Waals surface area (Å²) >= 11 is 0. The molecular weight excluding hydrogens is 706 g/mol. The Morgan fingerprint density at radius 1 is 0.709 bits per heavy atom. The standard InChI is InChI=1S/C41H53N5O9/c1-6-13-31(37(50)39(52)43-26-35(49)46-36(29-16-11-8-12-17-29)40(53)55-41(2,3)4)45-38(51)32(24-28-14-9-7-10-15-28)44-34(48)25-42-33(47)23-20-27-18-21-30(54-5)22-19-27/h7-12,14-19,21-22,31-32,36-37,50H,6,13,20,23-26H2,1-5H3,(H,42,47)(H,43,52)(H,44,48)(H,45,51)(H,46,49). The summed E-state index contributed by atoms with van der Waals surface area (Å²) in [7, 11) is 1.57. The molecule has 14 nitrogen and oxygen atoms in total. The molecule has 0 saturated carbocycles. The van der Waals surface area contributed by atoms with Crippen LogP contribution in [0, 0.1) is 0 Å². The van der Waals surface area contributed by atoms with Gasteiger partial charge in [-0.1, -0.05) is 86.1 Å². The average Bonchev–Trinajstić information content (AvgIpc) is 3.16. The van der Waals surface area contributed by atoms with E-state index in [0.29, 0.717) is 24.2 Å². The van der Waals surface area contributed by atoms with Gasteiger partial charge in [0.05, 0.1) is 26.2 Å². The summed E-state index contributed by atoms with van der Waals surface area (Å²) in [5.41, 5.74) is 1.33. The molecule has 0 bridgehead atoms. The van der Waals surface area contributed by atoms with Crippen LogP contribution in [-0.4, -0.2) is 84.6 Å². The Hall–Kier alpha value is -5.76. The zero-order valence-electron chi connectivity index (χ0n) is 32.1. The Morgan fingerprint density at radius 3 is 1.91 bits per heavy atom. The fourth-order valence-corrected chi connectivity index (χ4v) is 5.48. The van der Waals surface area contributed by atoms with Crippen molar-refractivity contribution in [3.63, 3.8) is 0 Å². The first kappa shape index (κ1) is 43.6. The molecule has 0 spiro atoms. The first-order valence-corrected chi connectivity index (χ1v) is 18.2. The van der Waals surface area contributed by atoms with Crippen LogP contribution >= 0.6 is 0 Å². The van der Waals surface area contributed by atoms with Crippen LogP contribution in [-0.2, 0) is 46.3 Å². The van der Waals surface area contributed by atoms with Crippen LogP contribution < -0.4 is 31.3 Å². The third-order valence-corrected chi connectivity index (χ3v) is 8.26. The van der Waals surface area contributed by atoms with E-state index in [1.54, 1.807) is 102 Å². The van der Waals surface area contributed by atoms with Crippen LogP contribution in [0.2, 0.25) is 0 Å². The quantitative estimate of drug-likeness (QED) is 0.0937. The number of hydrogen-bond donors (Lipinski definition) is 6. The number of ether oxygens (including phenoxy) is 2. The minimum atomic E-state index is -1.76. The van der Waals surface area contributed by atoms with E-state index in [9.17, 15) is 33.9 Å². The van der Waals surface area contributed by atoms with Gasteiger partial charge in [-0.2, -0.15) is 0 Å². The maximum atomic E-state index is 13.7. The molecule has 4 unspecified atom stereocenters. The van der Waals surface area contributed by atoms with Crippen molar-refractivity contribution in [2.24, 2.45) is 0 Å². The van der Waals surface area contributed by atoms with Gasteiger partial charge in [-0.25, -0.2) is 4.79 Å². The predicted molar refractivity (Wildman–Crippen MR) is 205 cm³/mol. The first-order chi connectivity index (χ1) is 26.2. The lowest BCUT2D eigenvalue weighted by Gasteiger charge is -2.27. The van der Waals surface area contributed by atoms with E-state index in [-0.39, 0.29) is 31.7 Å².